The van der Waals surface area contributed by atoms with Crippen LogP contribution in [0.25, 0.3) is 16.6 Å². The molecule has 0 amide bonds. The van der Waals surface area contributed by atoms with Crippen molar-refractivity contribution in [3.63, 3.8) is 0 Å². The normalized spacial score (nSPS) is 10.8. The number of hydrogen-bond donors (Lipinski definition) is 0. The monoisotopic (exact) mass is 390 g/mol. The van der Waals surface area contributed by atoms with Crippen molar-refractivity contribution in [1.82, 2.24) is 4.57 Å². The Kier molecular flexibility index (Phi) is 4.91. The predicted octanol–water partition coefficient (Wildman–Crippen LogP) is 3.87. The molecular weight excluding hydrogens is 379 g/mol. The van der Waals surface area contributed by atoms with Crippen molar-refractivity contribution in [2.75, 3.05) is 6.61 Å². The molecule has 3 aromatic rings. The zero-order valence-corrected chi connectivity index (χ0v) is 14.7. The predicted molar refractivity (Wildman–Crippen MR) is 97.1 cm³/mol. The number of carbonyl (C=O) groups is 1. The number of hydrogen-bond acceptors (Lipinski definition) is 5. The quantitative estimate of drug-likeness (QED) is 0.383. The largest absolute Gasteiger partial charge is 0.462 e. The summed E-state index contributed by atoms with van der Waals surface area (Å²) in [5.74, 6) is -1.33. The smallest absolute Gasteiger partial charge is 0.343 e. The van der Waals surface area contributed by atoms with Gasteiger partial charge in [-0.3, -0.25) is 14.9 Å². The lowest BCUT2D eigenvalue weighted by molar-refractivity contribution is -0.384. The second kappa shape index (κ2) is 7.16. The van der Waals surface area contributed by atoms with Gasteiger partial charge in [0.05, 0.1) is 22.4 Å². The number of ether oxygens (including phenoxy) is 1. The molecular formula is C18H12ClFN2O5. The van der Waals surface area contributed by atoms with Crippen LogP contribution < -0.4 is 5.43 Å². The summed E-state index contributed by atoms with van der Waals surface area (Å²) < 4.78 is 19.6. The fourth-order valence-corrected chi connectivity index (χ4v) is 2.87. The van der Waals surface area contributed by atoms with Crippen LogP contribution in [0.15, 0.2) is 47.4 Å². The summed E-state index contributed by atoms with van der Waals surface area (Å²) in [6, 6.07) is 7.55. The molecule has 0 radical (unpaired) electrons. The summed E-state index contributed by atoms with van der Waals surface area (Å²) in [7, 11) is 0. The summed E-state index contributed by atoms with van der Waals surface area (Å²) in [6.07, 6.45) is 1.25. The topological polar surface area (TPSA) is 91.4 Å². The van der Waals surface area contributed by atoms with Gasteiger partial charge in [0.15, 0.2) is 0 Å². The number of fused-ring (bicyclic) bond motifs is 1. The Morgan fingerprint density at radius 3 is 2.56 bits per heavy atom. The zero-order chi connectivity index (χ0) is 19.7. The molecule has 0 fully saturated rings. The van der Waals surface area contributed by atoms with E-state index in [-0.39, 0.29) is 28.1 Å². The highest BCUT2D eigenvalue weighted by Gasteiger charge is 2.22. The molecule has 0 aliphatic heterocycles. The first-order valence-electron chi connectivity index (χ1n) is 7.80. The molecule has 3 rings (SSSR count). The van der Waals surface area contributed by atoms with Crippen LogP contribution >= 0.6 is 11.6 Å². The minimum atomic E-state index is -0.863. The molecule has 7 nitrogen and oxygen atoms in total. The van der Waals surface area contributed by atoms with E-state index in [4.69, 9.17) is 16.3 Å². The molecule has 0 saturated carbocycles. The van der Waals surface area contributed by atoms with Crippen molar-refractivity contribution in [1.29, 1.82) is 0 Å². The van der Waals surface area contributed by atoms with Crippen molar-refractivity contribution >= 4 is 34.2 Å². The van der Waals surface area contributed by atoms with Gasteiger partial charge in [0.2, 0.25) is 5.43 Å². The number of rotatable bonds is 4. The van der Waals surface area contributed by atoms with Crippen LogP contribution in [0, 0.1) is 15.9 Å². The third-order valence-corrected chi connectivity index (χ3v) is 4.17. The van der Waals surface area contributed by atoms with Gasteiger partial charge in [-0.25, -0.2) is 9.18 Å². The maximum absolute atomic E-state index is 13.3. The van der Waals surface area contributed by atoms with Crippen molar-refractivity contribution < 1.29 is 18.8 Å². The van der Waals surface area contributed by atoms with Crippen LogP contribution in [0.3, 0.4) is 0 Å². The number of nitrogens with zero attached hydrogens (tertiary/aromatic N) is 2. The Bertz CT molecular complexity index is 1130. The van der Waals surface area contributed by atoms with Gasteiger partial charge in [-0.2, -0.15) is 0 Å². The Hall–Kier alpha value is -3.26. The molecule has 1 aromatic heterocycles. The summed E-state index contributed by atoms with van der Waals surface area (Å²) in [5.41, 5.74) is -0.827. The SMILES string of the molecule is CCOC(=O)c1cn(-c2ccc(F)cc2)c2cc(Cl)c([N+](=O)[O-])cc2c1=O. The van der Waals surface area contributed by atoms with E-state index in [1.54, 1.807) is 6.92 Å². The van der Waals surface area contributed by atoms with Crippen LogP contribution in [-0.2, 0) is 4.74 Å². The van der Waals surface area contributed by atoms with Crippen LogP contribution in [-0.4, -0.2) is 22.1 Å². The van der Waals surface area contributed by atoms with Crippen LogP contribution in [0.1, 0.15) is 17.3 Å². The van der Waals surface area contributed by atoms with Crippen molar-refractivity contribution in [3.05, 3.63) is 79.3 Å². The number of pyridine rings is 1. The zero-order valence-electron chi connectivity index (χ0n) is 13.9. The first kappa shape index (κ1) is 18.5. The van der Waals surface area contributed by atoms with Gasteiger partial charge in [-0.1, -0.05) is 11.6 Å². The van der Waals surface area contributed by atoms with Crippen molar-refractivity contribution in [2.24, 2.45) is 0 Å². The molecule has 0 aliphatic rings. The number of aromatic nitrogens is 1. The van der Waals surface area contributed by atoms with Crippen LogP contribution in [0.2, 0.25) is 5.02 Å². The Morgan fingerprint density at radius 1 is 1.30 bits per heavy atom. The van der Waals surface area contributed by atoms with Gasteiger partial charge in [0.25, 0.3) is 5.69 Å². The fraction of sp³-hybridized carbons (Fsp3) is 0.111. The number of halogens is 2. The number of carbonyl (C=O) groups excluding carboxylic acids is 1. The molecule has 9 heteroatoms. The maximum Gasteiger partial charge on any atom is 0.343 e. The lowest BCUT2D eigenvalue weighted by Crippen LogP contribution is -2.20. The van der Waals surface area contributed by atoms with Crippen LogP contribution in [0.5, 0.6) is 0 Å². The highest BCUT2D eigenvalue weighted by molar-refractivity contribution is 6.33. The highest BCUT2D eigenvalue weighted by atomic mass is 35.5. The lowest BCUT2D eigenvalue weighted by atomic mass is 10.1. The molecule has 1 heterocycles. The second-order valence-corrected chi connectivity index (χ2v) is 5.92. The first-order chi connectivity index (χ1) is 12.8. The van der Waals surface area contributed by atoms with E-state index in [0.29, 0.717) is 5.69 Å². The molecule has 0 spiro atoms. The molecule has 27 heavy (non-hydrogen) atoms. The van der Waals surface area contributed by atoms with Gasteiger partial charge in [0.1, 0.15) is 16.4 Å². The molecule has 0 N–H and O–H groups in total. The number of esters is 1. The highest BCUT2D eigenvalue weighted by Crippen LogP contribution is 2.30. The number of benzene rings is 2. The number of nitro groups is 1. The lowest BCUT2D eigenvalue weighted by Gasteiger charge is -2.14. The minimum Gasteiger partial charge on any atom is -0.462 e. The van der Waals surface area contributed by atoms with Gasteiger partial charge in [0, 0.05) is 18.0 Å². The summed E-state index contributed by atoms with van der Waals surface area (Å²) in [4.78, 5) is 35.4. The third kappa shape index (κ3) is 3.39. The molecule has 0 saturated heterocycles. The van der Waals surface area contributed by atoms with E-state index in [2.05, 4.69) is 0 Å². The van der Waals surface area contributed by atoms with Crippen molar-refractivity contribution in [3.8, 4) is 5.69 Å². The maximum atomic E-state index is 13.3. The minimum absolute atomic E-state index is 0.0492. The van der Waals surface area contributed by atoms with E-state index in [9.17, 15) is 24.1 Å². The molecule has 138 valence electrons. The second-order valence-electron chi connectivity index (χ2n) is 5.52. The Labute approximate surface area is 156 Å². The molecule has 0 aliphatic carbocycles. The summed E-state index contributed by atoms with van der Waals surface area (Å²) in [6.45, 7) is 1.63. The molecule has 0 atom stereocenters. The van der Waals surface area contributed by atoms with Gasteiger partial charge in [-0.05, 0) is 37.3 Å². The van der Waals surface area contributed by atoms with Gasteiger partial charge < -0.3 is 9.30 Å². The Morgan fingerprint density at radius 2 is 1.96 bits per heavy atom. The Balaban J connectivity index is 2.42. The molecule has 0 bridgehead atoms. The van der Waals surface area contributed by atoms with E-state index in [1.807, 2.05) is 0 Å². The first-order valence-corrected chi connectivity index (χ1v) is 8.17. The molecule has 2 aromatic carbocycles. The van der Waals surface area contributed by atoms with E-state index in [1.165, 1.54) is 41.1 Å². The number of nitro benzene ring substituents is 1. The fourth-order valence-electron chi connectivity index (χ4n) is 2.64. The summed E-state index contributed by atoms with van der Waals surface area (Å²) >= 11 is 5.98. The standard InChI is InChI=1S/C18H12ClFN2O5/c1-2-27-18(24)13-9-21(11-5-3-10(20)4-6-11)15-8-14(19)16(22(25)26)7-12(15)17(13)23/h3-9H,2H2,1H3. The van der Waals surface area contributed by atoms with Crippen LogP contribution in [0.4, 0.5) is 10.1 Å². The average molecular weight is 391 g/mol. The van der Waals surface area contributed by atoms with E-state index in [0.717, 1.165) is 6.07 Å². The van der Waals surface area contributed by atoms with E-state index < -0.39 is 27.8 Å². The summed E-state index contributed by atoms with van der Waals surface area (Å²) in [5, 5.41) is 10.9. The van der Waals surface area contributed by atoms with Gasteiger partial charge >= 0.3 is 5.97 Å². The molecule has 0 unspecified atom stereocenters. The van der Waals surface area contributed by atoms with Gasteiger partial charge in [-0.15, -0.1) is 0 Å². The van der Waals surface area contributed by atoms with Crippen molar-refractivity contribution in [2.45, 2.75) is 6.92 Å². The third-order valence-electron chi connectivity index (χ3n) is 3.87. The average Bonchev–Trinajstić information content (AvgIpc) is 2.62. The van der Waals surface area contributed by atoms with E-state index >= 15 is 0 Å².